The van der Waals surface area contributed by atoms with Crippen LogP contribution >= 0.6 is 11.3 Å². The molecule has 0 spiro atoms. The summed E-state index contributed by atoms with van der Waals surface area (Å²) in [5, 5.41) is 0. The van der Waals surface area contributed by atoms with E-state index < -0.39 is 28.9 Å². The zero-order valence-corrected chi connectivity index (χ0v) is 22.2. The number of benzene rings is 2. The molecule has 0 saturated heterocycles. The Morgan fingerprint density at radius 3 is 1.79 bits per heavy atom. The van der Waals surface area contributed by atoms with Crippen LogP contribution in [0.5, 0.6) is 0 Å². The molecule has 2 aromatic carbocycles. The molecule has 0 atom stereocenters. The van der Waals surface area contributed by atoms with E-state index in [0.717, 1.165) is 11.3 Å². The quantitative estimate of drug-likeness (QED) is 0.181. The van der Waals surface area contributed by atoms with E-state index in [2.05, 4.69) is 0 Å². The number of rotatable bonds is 4. The van der Waals surface area contributed by atoms with Gasteiger partial charge in [-0.3, -0.25) is 0 Å². The van der Waals surface area contributed by atoms with Gasteiger partial charge in [-0.2, -0.15) is 26.3 Å². The molecular weight excluding hydrogens is 522 g/mol. The van der Waals surface area contributed by atoms with E-state index in [1.807, 2.05) is 0 Å². The maximum Gasteiger partial charge on any atom is 0.380 e. The van der Waals surface area contributed by atoms with Crippen LogP contribution in [0.25, 0.3) is 33.0 Å². The molecule has 0 aliphatic heterocycles. The molecular formula is C29H25F6N2S+. The van der Waals surface area contributed by atoms with Gasteiger partial charge in [0.25, 0.3) is 5.82 Å². The van der Waals surface area contributed by atoms with Crippen LogP contribution < -0.4 is 4.57 Å². The number of nitrogens with zero attached hydrogens (tertiary/aromatic N) is 2. The molecule has 4 aromatic rings. The van der Waals surface area contributed by atoms with Gasteiger partial charge >= 0.3 is 17.8 Å². The highest BCUT2D eigenvalue weighted by molar-refractivity contribution is 7.16. The standard InChI is InChI=1S/C29H25F6N2S/c1-16-21(18(3)38-25(16)19-12-8-6-9-13-19)22-23(28(32,33)29(34,35)27(22,30)31)24-17(2)36(4)26(37(24)5)20-14-10-7-11-15-20/h6-15H,1-5H3/q+1. The molecule has 2 heterocycles. The molecule has 198 valence electrons. The highest BCUT2D eigenvalue weighted by Gasteiger charge is 2.81. The summed E-state index contributed by atoms with van der Waals surface area (Å²) in [5.41, 5.74) is -1.51. The molecule has 38 heavy (non-hydrogen) atoms. The van der Waals surface area contributed by atoms with Gasteiger partial charge in [0.15, 0.2) is 5.69 Å². The maximum absolute atomic E-state index is 15.7. The average Bonchev–Trinajstić information content (AvgIpc) is 3.32. The van der Waals surface area contributed by atoms with Gasteiger partial charge < -0.3 is 0 Å². The van der Waals surface area contributed by atoms with Crippen molar-refractivity contribution in [2.45, 2.75) is 38.5 Å². The van der Waals surface area contributed by atoms with Crippen molar-refractivity contribution in [2.75, 3.05) is 0 Å². The van der Waals surface area contributed by atoms with Crippen molar-refractivity contribution in [1.82, 2.24) is 4.57 Å². The second-order valence-electron chi connectivity index (χ2n) is 9.57. The topological polar surface area (TPSA) is 8.81 Å². The lowest BCUT2D eigenvalue weighted by molar-refractivity contribution is -0.662. The average molecular weight is 548 g/mol. The second kappa shape index (κ2) is 8.59. The first-order valence-electron chi connectivity index (χ1n) is 11.9. The molecule has 9 heteroatoms. The first-order chi connectivity index (χ1) is 17.7. The summed E-state index contributed by atoms with van der Waals surface area (Å²) < 4.78 is 95.8. The van der Waals surface area contributed by atoms with Crippen molar-refractivity contribution in [3.8, 4) is 21.8 Å². The van der Waals surface area contributed by atoms with Crippen molar-refractivity contribution in [3.63, 3.8) is 0 Å². The number of aryl methyl sites for hydroxylation is 1. The van der Waals surface area contributed by atoms with Gasteiger partial charge in [0, 0.05) is 27.8 Å². The summed E-state index contributed by atoms with van der Waals surface area (Å²) in [5.74, 6) is -15.4. The predicted molar refractivity (Wildman–Crippen MR) is 138 cm³/mol. The van der Waals surface area contributed by atoms with Crippen molar-refractivity contribution in [2.24, 2.45) is 14.1 Å². The second-order valence-corrected chi connectivity index (χ2v) is 10.8. The van der Waals surface area contributed by atoms with Crippen LogP contribution in [0, 0.1) is 20.8 Å². The maximum atomic E-state index is 15.7. The van der Waals surface area contributed by atoms with Crippen LogP contribution in [0.2, 0.25) is 0 Å². The van der Waals surface area contributed by atoms with Crippen molar-refractivity contribution in [3.05, 3.63) is 88.1 Å². The number of aromatic nitrogens is 2. The van der Waals surface area contributed by atoms with Gasteiger partial charge in [-0.15, -0.1) is 11.3 Å². The van der Waals surface area contributed by atoms with Gasteiger partial charge in [-0.05, 0) is 37.1 Å². The van der Waals surface area contributed by atoms with Crippen LogP contribution in [0.4, 0.5) is 26.3 Å². The number of hydrogen-bond donors (Lipinski definition) is 0. The number of halogens is 6. The molecule has 0 bridgehead atoms. The van der Waals surface area contributed by atoms with Gasteiger partial charge in [-0.25, -0.2) is 9.13 Å². The Kier molecular flexibility index (Phi) is 5.94. The van der Waals surface area contributed by atoms with E-state index in [1.54, 1.807) is 72.3 Å². The summed E-state index contributed by atoms with van der Waals surface area (Å²) >= 11 is 1.12. The summed E-state index contributed by atoms with van der Waals surface area (Å²) in [7, 11) is 3.03. The zero-order valence-electron chi connectivity index (χ0n) is 21.3. The van der Waals surface area contributed by atoms with Crippen LogP contribution in [0.1, 0.15) is 27.4 Å². The Morgan fingerprint density at radius 2 is 1.24 bits per heavy atom. The fraction of sp³-hybridized carbons (Fsp3) is 0.276. The smallest absolute Gasteiger partial charge is 0.230 e. The lowest BCUT2D eigenvalue weighted by Crippen LogP contribution is -2.49. The molecule has 0 unspecified atom stereocenters. The Balaban J connectivity index is 1.90. The van der Waals surface area contributed by atoms with Crippen LogP contribution in [-0.4, -0.2) is 22.3 Å². The molecule has 5 rings (SSSR count). The van der Waals surface area contributed by atoms with Crippen molar-refractivity contribution < 1.29 is 30.9 Å². The van der Waals surface area contributed by atoms with Crippen LogP contribution in [-0.2, 0) is 14.1 Å². The summed E-state index contributed by atoms with van der Waals surface area (Å²) in [4.78, 5) is 0.833. The molecule has 0 radical (unpaired) electrons. The molecule has 2 nitrogen and oxygen atoms in total. The molecule has 0 amide bonds. The molecule has 0 fully saturated rings. The minimum absolute atomic E-state index is 0.167. The molecule has 0 saturated carbocycles. The van der Waals surface area contributed by atoms with Gasteiger partial charge in [0.1, 0.15) is 5.69 Å². The number of alkyl halides is 6. The van der Waals surface area contributed by atoms with E-state index in [-0.39, 0.29) is 27.4 Å². The third-order valence-electron chi connectivity index (χ3n) is 7.36. The first kappa shape index (κ1) is 26.3. The highest BCUT2D eigenvalue weighted by Crippen LogP contribution is 2.66. The van der Waals surface area contributed by atoms with E-state index in [1.165, 1.54) is 32.4 Å². The summed E-state index contributed by atoms with van der Waals surface area (Å²) in [6, 6.07) is 17.6. The third kappa shape index (κ3) is 3.37. The van der Waals surface area contributed by atoms with Crippen LogP contribution in [0.3, 0.4) is 0 Å². The fourth-order valence-corrected chi connectivity index (χ4v) is 6.65. The van der Waals surface area contributed by atoms with Crippen LogP contribution in [0.15, 0.2) is 60.7 Å². The van der Waals surface area contributed by atoms with Gasteiger partial charge in [-0.1, -0.05) is 48.5 Å². The molecule has 1 aliphatic rings. The lowest BCUT2D eigenvalue weighted by Gasteiger charge is -2.25. The Morgan fingerprint density at radius 1 is 0.737 bits per heavy atom. The van der Waals surface area contributed by atoms with E-state index >= 15 is 26.3 Å². The van der Waals surface area contributed by atoms with Gasteiger partial charge in [0.2, 0.25) is 0 Å². The van der Waals surface area contributed by atoms with Gasteiger partial charge in [0.05, 0.1) is 25.2 Å². The monoisotopic (exact) mass is 547 g/mol. The predicted octanol–water partition coefficient (Wildman–Crippen LogP) is 8.00. The first-order valence-corrected chi connectivity index (χ1v) is 12.7. The van der Waals surface area contributed by atoms with Crippen molar-refractivity contribution in [1.29, 1.82) is 0 Å². The summed E-state index contributed by atoms with van der Waals surface area (Å²) in [6.45, 7) is 4.49. The number of hydrogen-bond acceptors (Lipinski definition) is 1. The van der Waals surface area contributed by atoms with Crippen molar-refractivity contribution >= 4 is 22.5 Å². The summed E-state index contributed by atoms with van der Waals surface area (Å²) in [6.07, 6.45) is 0. The Hall–Kier alpha value is -3.33. The fourth-order valence-electron chi connectivity index (χ4n) is 5.48. The minimum atomic E-state index is -5.62. The molecule has 0 N–H and O–H groups in total. The molecule has 2 aromatic heterocycles. The number of allylic oxidation sites excluding steroid dienone is 2. The normalized spacial score (nSPS) is 17.9. The molecule has 1 aliphatic carbocycles. The zero-order chi connectivity index (χ0) is 27.8. The SMILES string of the molecule is Cc1sc(-c2ccccc2)c(C)c1C1=C(c2c(C)n(C)c(-c3ccccc3)[n+]2C)C(F)(F)C(F)(F)C1(F)F. The lowest BCUT2D eigenvalue weighted by atomic mass is 9.93. The number of thiophene rings is 1. The minimum Gasteiger partial charge on any atom is -0.230 e. The van der Waals surface area contributed by atoms with E-state index in [9.17, 15) is 0 Å². The Bertz CT molecular complexity index is 1580. The largest absolute Gasteiger partial charge is 0.380 e. The highest BCUT2D eigenvalue weighted by atomic mass is 32.1. The van der Waals surface area contributed by atoms with E-state index in [4.69, 9.17) is 0 Å². The van der Waals surface area contributed by atoms with E-state index in [0.29, 0.717) is 21.8 Å². The third-order valence-corrected chi connectivity index (χ3v) is 8.62. The Labute approximate surface area is 220 Å². The number of imidazole rings is 1.